The van der Waals surface area contributed by atoms with Gasteiger partial charge in [0.25, 0.3) is 0 Å². The molecule has 1 fully saturated rings. The zero-order valence-electron chi connectivity index (χ0n) is 15.7. The van der Waals surface area contributed by atoms with Crippen molar-refractivity contribution < 1.29 is 32.9 Å². The number of benzene rings is 1. The van der Waals surface area contributed by atoms with Crippen LogP contribution in [-0.4, -0.2) is 53.2 Å². The lowest BCUT2D eigenvalue weighted by atomic mass is 9.87. The third kappa shape index (κ3) is 5.28. The molecule has 1 amide bonds. The average molecular weight is 389 g/mol. The fourth-order valence-corrected chi connectivity index (χ4v) is 3.40. The van der Waals surface area contributed by atoms with Crippen LogP contribution in [-0.2, 0) is 0 Å². The number of fused-ring (bicyclic) bond motifs is 3. The number of ether oxygens (including phenoxy) is 1. The van der Waals surface area contributed by atoms with Crippen LogP contribution in [0.2, 0.25) is 0 Å². The van der Waals surface area contributed by atoms with Crippen LogP contribution in [0.1, 0.15) is 38.7 Å². The lowest BCUT2D eigenvalue weighted by molar-refractivity contribution is -0.231. The summed E-state index contributed by atoms with van der Waals surface area (Å²) in [5, 5.41) is 17.7. The quantitative estimate of drug-likeness (QED) is 0.700. The molecule has 2 aliphatic heterocycles. The Balaban J connectivity index is 0.000000227. The van der Waals surface area contributed by atoms with Crippen LogP contribution >= 0.6 is 0 Å². The number of hydrogen-bond acceptors (Lipinski definition) is 3. The van der Waals surface area contributed by atoms with Crippen molar-refractivity contribution in [1.82, 2.24) is 4.90 Å². The second kappa shape index (κ2) is 7.96. The lowest BCUT2D eigenvalue weighted by Crippen LogP contribution is -2.39. The molecule has 1 aromatic carbocycles. The Kier molecular flexibility index (Phi) is 6.29. The van der Waals surface area contributed by atoms with Gasteiger partial charge in [-0.1, -0.05) is 39.0 Å². The van der Waals surface area contributed by atoms with E-state index in [0.717, 1.165) is 12.2 Å². The highest BCUT2D eigenvalue weighted by Gasteiger charge is 2.45. The van der Waals surface area contributed by atoms with E-state index >= 15 is 0 Å². The van der Waals surface area contributed by atoms with Crippen LogP contribution in [0, 0.1) is 11.3 Å². The zero-order valence-corrected chi connectivity index (χ0v) is 15.7. The van der Waals surface area contributed by atoms with Gasteiger partial charge >= 0.3 is 12.3 Å². The first kappa shape index (κ1) is 21.3. The van der Waals surface area contributed by atoms with E-state index in [1.165, 1.54) is 31.2 Å². The predicted molar refractivity (Wildman–Crippen MR) is 93.9 cm³/mol. The minimum absolute atomic E-state index is 0.296. The summed E-state index contributed by atoms with van der Waals surface area (Å²) in [7, 11) is 0. The molecule has 2 N–H and O–H groups in total. The molecule has 1 aromatic rings. The highest BCUT2D eigenvalue weighted by molar-refractivity contribution is 5.65. The normalized spacial score (nSPS) is 23.1. The number of aliphatic hydroxyl groups excluding tert-OH is 1. The fraction of sp³-hybridized carbons (Fsp3) is 0.632. The van der Waals surface area contributed by atoms with Gasteiger partial charge in [-0.2, -0.15) is 13.2 Å². The Bertz CT molecular complexity index is 643. The SMILES string of the molecule is CC(C)(C)C(O)C(F)(F)F.O=C(O)N1C[C@@H]2CCOc3ccccc3[C@H]2C1. The molecule has 152 valence electrons. The smallest absolute Gasteiger partial charge is 0.414 e. The maximum absolute atomic E-state index is 11.7. The number of rotatable bonds is 0. The van der Waals surface area contributed by atoms with Gasteiger partial charge in [0.1, 0.15) is 5.75 Å². The molecule has 27 heavy (non-hydrogen) atoms. The molecule has 3 rings (SSSR count). The van der Waals surface area contributed by atoms with E-state index in [1.807, 2.05) is 18.2 Å². The van der Waals surface area contributed by atoms with Crippen molar-refractivity contribution in [1.29, 1.82) is 0 Å². The number of hydrogen-bond donors (Lipinski definition) is 2. The number of carbonyl (C=O) groups is 1. The summed E-state index contributed by atoms with van der Waals surface area (Å²) < 4.78 is 40.8. The van der Waals surface area contributed by atoms with Gasteiger partial charge in [-0.15, -0.1) is 0 Å². The number of para-hydroxylation sites is 1. The Morgan fingerprint density at radius 1 is 1.22 bits per heavy atom. The van der Waals surface area contributed by atoms with E-state index in [1.54, 1.807) is 0 Å². The van der Waals surface area contributed by atoms with Gasteiger partial charge in [0.2, 0.25) is 0 Å². The molecule has 0 bridgehead atoms. The van der Waals surface area contributed by atoms with Crippen LogP contribution in [0.4, 0.5) is 18.0 Å². The van der Waals surface area contributed by atoms with E-state index in [0.29, 0.717) is 31.5 Å². The molecule has 5 nitrogen and oxygen atoms in total. The summed E-state index contributed by atoms with van der Waals surface area (Å²) in [6.07, 6.45) is -6.61. The summed E-state index contributed by atoms with van der Waals surface area (Å²) in [5.41, 5.74) is 0.0388. The van der Waals surface area contributed by atoms with E-state index in [9.17, 15) is 18.0 Å². The molecule has 0 radical (unpaired) electrons. The van der Waals surface area contributed by atoms with Crippen LogP contribution in [0.3, 0.4) is 0 Å². The third-order valence-electron chi connectivity index (χ3n) is 4.91. The van der Waals surface area contributed by atoms with Gasteiger partial charge in [-0.05, 0) is 29.4 Å². The summed E-state index contributed by atoms with van der Waals surface area (Å²) in [4.78, 5) is 12.6. The van der Waals surface area contributed by atoms with Gasteiger partial charge in [0.15, 0.2) is 6.10 Å². The first-order chi connectivity index (χ1) is 12.4. The maximum Gasteiger partial charge on any atom is 0.414 e. The first-order valence-corrected chi connectivity index (χ1v) is 8.85. The van der Waals surface area contributed by atoms with Crippen molar-refractivity contribution in [2.75, 3.05) is 19.7 Å². The van der Waals surface area contributed by atoms with Gasteiger partial charge < -0.3 is 19.8 Å². The molecule has 0 aromatic heterocycles. The number of amides is 1. The van der Waals surface area contributed by atoms with Gasteiger partial charge in [0, 0.05) is 19.0 Å². The molecule has 2 heterocycles. The minimum atomic E-state index is -4.50. The molecule has 0 aliphatic carbocycles. The number of likely N-dealkylation sites (tertiary alicyclic amines) is 1. The summed E-state index contributed by atoms with van der Waals surface area (Å²) in [6, 6.07) is 7.99. The predicted octanol–water partition coefficient (Wildman–Crippen LogP) is 4.12. The molecular weight excluding hydrogens is 363 g/mol. The highest BCUT2D eigenvalue weighted by atomic mass is 19.4. The fourth-order valence-electron chi connectivity index (χ4n) is 3.40. The average Bonchev–Trinajstić information content (AvgIpc) is 2.90. The highest BCUT2D eigenvalue weighted by Crippen LogP contribution is 2.41. The molecule has 0 saturated carbocycles. The van der Waals surface area contributed by atoms with Gasteiger partial charge in [0.05, 0.1) is 6.61 Å². The lowest BCUT2D eigenvalue weighted by Gasteiger charge is -2.27. The first-order valence-electron chi connectivity index (χ1n) is 8.85. The topological polar surface area (TPSA) is 70.0 Å². The number of nitrogens with zero attached hydrogens (tertiary/aromatic N) is 1. The van der Waals surface area contributed by atoms with Crippen molar-refractivity contribution in [2.45, 2.75) is 45.4 Å². The molecule has 8 heteroatoms. The third-order valence-corrected chi connectivity index (χ3v) is 4.91. The van der Waals surface area contributed by atoms with Crippen LogP contribution < -0.4 is 4.74 Å². The van der Waals surface area contributed by atoms with Crippen LogP contribution in [0.15, 0.2) is 24.3 Å². The van der Waals surface area contributed by atoms with Crippen molar-refractivity contribution in [2.24, 2.45) is 11.3 Å². The Hall–Kier alpha value is -1.96. The van der Waals surface area contributed by atoms with Gasteiger partial charge in [-0.3, -0.25) is 0 Å². The van der Waals surface area contributed by atoms with Crippen LogP contribution in [0.25, 0.3) is 0 Å². The van der Waals surface area contributed by atoms with Crippen molar-refractivity contribution >= 4 is 6.09 Å². The van der Waals surface area contributed by atoms with E-state index in [2.05, 4.69) is 6.07 Å². The van der Waals surface area contributed by atoms with Crippen LogP contribution in [0.5, 0.6) is 5.75 Å². The standard InChI is InChI=1S/C13H15NO3.C6H11F3O/c15-13(16)14-7-9-5-6-17-12-4-2-1-3-10(12)11(9)8-14;1-5(2,3)4(10)6(7,8)9/h1-4,9,11H,5-8H2,(H,15,16);4,10H,1-3H3/t9-,11-;/m0./s1. The van der Waals surface area contributed by atoms with Crippen molar-refractivity contribution in [3.63, 3.8) is 0 Å². The van der Waals surface area contributed by atoms with Gasteiger partial charge in [-0.25, -0.2) is 4.79 Å². The second-order valence-electron chi connectivity index (χ2n) is 8.04. The van der Waals surface area contributed by atoms with E-state index in [-0.39, 0.29) is 0 Å². The largest absolute Gasteiger partial charge is 0.493 e. The molecule has 1 saturated heterocycles. The molecule has 2 aliphatic rings. The van der Waals surface area contributed by atoms with E-state index in [4.69, 9.17) is 14.9 Å². The maximum atomic E-state index is 11.7. The van der Waals surface area contributed by atoms with E-state index < -0.39 is 23.8 Å². The minimum Gasteiger partial charge on any atom is -0.493 e. The number of halogens is 3. The Labute approximate surface area is 156 Å². The Morgan fingerprint density at radius 2 is 1.85 bits per heavy atom. The van der Waals surface area contributed by atoms with Crippen molar-refractivity contribution in [3.8, 4) is 5.75 Å². The molecular formula is C19H26F3NO4. The number of aliphatic hydroxyl groups is 1. The zero-order chi connectivity index (χ0) is 20.4. The summed E-state index contributed by atoms with van der Waals surface area (Å²) in [6.45, 7) is 5.94. The number of carboxylic acid groups (broad SMARTS) is 1. The molecule has 3 atom stereocenters. The Morgan fingerprint density at radius 3 is 2.37 bits per heavy atom. The molecule has 0 spiro atoms. The summed E-state index contributed by atoms with van der Waals surface area (Å²) in [5.74, 6) is 1.62. The number of alkyl halides is 3. The second-order valence-corrected chi connectivity index (χ2v) is 8.04. The molecule has 1 unspecified atom stereocenters. The monoisotopic (exact) mass is 389 g/mol. The summed E-state index contributed by atoms with van der Waals surface area (Å²) >= 11 is 0. The van der Waals surface area contributed by atoms with Crippen molar-refractivity contribution in [3.05, 3.63) is 29.8 Å².